The molecule has 2 aromatic carbocycles. The number of carbonyl (C=O) groups excluding carboxylic acids is 3. The van der Waals surface area contributed by atoms with Crippen molar-refractivity contribution in [2.75, 3.05) is 11.9 Å². The van der Waals surface area contributed by atoms with Gasteiger partial charge in [-0.15, -0.1) is 0 Å². The van der Waals surface area contributed by atoms with Gasteiger partial charge in [-0.05, 0) is 30.7 Å². The number of rotatable bonds is 4. The van der Waals surface area contributed by atoms with Gasteiger partial charge < -0.3 is 10.6 Å². The number of hydrogen-bond acceptors (Lipinski definition) is 3. The zero-order chi connectivity index (χ0) is 17.8. The molecule has 0 aliphatic carbocycles. The largest absolute Gasteiger partial charge is 0.329 e. The molecule has 2 aromatic rings. The average Bonchev–Trinajstić information content (AvgIpc) is 2.85. The lowest BCUT2D eigenvalue weighted by Gasteiger charge is -2.12. The maximum absolute atomic E-state index is 12.3. The molecule has 0 atom stereocenters. The summed E-state index contributed by atoms with van der Waals surface area (Å²) in [5, 5.41) is 5.17. The summed E-state index contributed by atoms with van der Waals surface area (Å²) in [6.45, 7) is 1.60. The van der Waals surface area contributed by atoms with E-state index in [4.69, 9.17) is 0 Å². The van der Waals surface area contributed by atoms with E-state index in [1.165, 1.54) is 0 Å². The van der Waals surface area contributed by atoms with Crippen molar-refractivity contribution in [3.8, 4) is 0 Å². The van der Waals surface area contributed by atoms with Crippen LogP contribution in [0.4, 0.5) is 10.5 Å². The standard InChI is InChI=1S/C19H17N3O3/c1-13-7-9-15(10-8-13)20-17(23)12-22-18(24)16(21-19(22)25)11-14-5-3-2-4-6-14/h2-11H,12H2,1H3,(H,20,23)(H,21,25)/b16-11-. The number of benzene rings is 2. The van der Waals surface area contributed by atoms with E-state index in [2.05, 4.69) is 10.6 Å². The second-order valence-corrected chi connectivity index (χ2v) is 5.70. The molecule has 1 fully saturated rings. The van der Waals surface area contributed by atoms with E-state index in [0.717, 1.165) is 16.0 Å². The van der Waals surface area contributed by atoms with Crippen LogP contribution in [0.15, 0.2) is 60.3 Å². The number of amides is 4. The van der Waals surface area contributed by atoms with E-state index >= 15 is 0 Å². The summed E-state index contributed by atoms with van der Waals surface area (Å²) in [5.41, 5.74) is 2.63. The minimum atomic E-state index is -0.605. The summed E-state index contributed by atoms with van der Waals surface area (Å²) >= 11 is 0. The van der Waals surface area contributed by atoms with Crippen molar-refractivity contribution in [3.05, 3.63) is 71.4 Å². The van der Waals surface area contributed by atoms with Crippen LogP contribution in [0.25, 0.3) is 6.08 Å². The molecule has 126 valence electrons. The van der Waals surface area contributed by atoms with Gasteiger partial charge in [-0.25, -0.2) is 9.69 Å². The van der Waals surface area contributed by atoms with Gasteiger partial charge in [-0.3, -0.25) is 9.59 Å². The second-order valence-electron chi connectivity index (χ2n) is 5.70. The van der Waals surface area contributed by atoms with Gasteiger partial charge in [0.2, 0.25) is 5.91 Å². The van der Waals surface area contributed by atoms with Gasteiger partial charge in [0.15, 0.2) is 0 Å². The van der Waals surface area contributed by atoms with Gasteiger partial charge in [0.25, 0.3) is 5.91 Å². The smallest absolute Gasteiger partial charge is 0.325 e. The first-order valence-corrected chi connectivity index (χ1v) is 7.79. The number of nitrogens with zero attached hydrogens (tertiary/aromatic N) is 1. The minimum absolute atomic E-state index is 0.152. The van der Waals surface area contributed by atoms with Crippen molar-refractivity contribution < 1.29 is 14.4 Å². The number of hydrogen-bond donors (Lipinski definition) is 2. The van der Waals surface area contributed by atoms with Crippen LogP contribution in [-0.4, -0.2) is 29.3 Å². The Labute approximate surface area is 145 Å². The molecule has 4 amide bonds. The molecule has 1 heterocycles. The molecule has 6 heteroatoms. The summed E-state index contributed by atoms with van der Waals surface area (Å²) in [7, 11) is 0. The summed E-state index contributed by atoms with van der Waals surface area (Å²) in [4.78, 5) is 37.3. The molecule has 1 aliphatic heterocycles. The molecule has 0 spiro atoms. The lowest BCUT2D eigenvalue weighted by Crippen LogP contribution is -2.38. The Morgan fingerprint density at radius 1 is 1.08 bits per heavy atom. The predicted octanol–water partition coefficient (Wildman–Crippen LogP) is 2.53. The fourth-order valence-corrected chi connectivity index (χ4v) is 2.41. The highest BCUT2D eigenvalue weighted by atomic mass is 16.2. The van der Waals surface area contributed by atoms with Crippen LogP contribution < -0.4 is 10.6 Å². The van der Waals surface area contributed by atoms with E-state index < -0.39 is 17.8 Å². The van der Waals surface area contributed by atoms with Gasteiger partial charge in [-0.1, -0.05) is 48.0 Å². The van der Waals surface area contributed by atoms with Crippen LogP contribution in [-0.2, 0) is 9.59 Å². The van der Waals surface area contributed by atoms with Gasteiger partial charge in [0, 0.05) is 5.69 Å². The van der Waals surface area contributed by atoms with Crippen LogP contribution in [0.1, 0.15) is 11.1 Å². The highest BCUT2D eigenvalue weighted by Gasteiger charge is 2.34. The molecular weight excluding hydrogens is 318 g/mol. The lowest BCUT2D eigenvalue weighted by molar-refractivity contribution is -0.127. The predicted molar refractivity (Wildman–Crippen MR) is 94.5 cm³/mol. The molecule has 0 saturated carbocycles. The average molecular weight is 335 g/mol. The summed E-state index contributed by atoms with van der Waals surface area (Å²) in [6.07, 6.45) is 1.58. The Morgan fingerprint density at radius 2 is 1.76 bits per heavy atom. The highest BCUT2D eigenvalue weighted by Crippen LogP contribution is 2.14. The number of carbonyl (C=O) groups is 3. The molecular formula is C19H17N3O3. The van der Waals surface area contributed by atoms with Crippen LogP contribution in [0.3, 0.4) is 0 Å². The van der Waals surface area contributed by atoms with Crippen molar-refractivity contribution in [1.82, 2.24) is 10.2 Å². The van der Waals surface area contributed by atoms with Crippen molar-refractivity contribution in [2.24, 2.45) is 0 Å². The zero-order valence-corrected chi connectivity index (χ0v) is 13.7. The molecule has 25 heavy (non-hydrogen) atoms. The van der Waals surface area contributed by atoms with E-state index in [9.17, 15) is 14.4 Å². The number of aryl methyl sites for hydroxylation is 1. The Hall–Kier alpha value is -3.41. The number of urea groups is 1. The van der Waals surface area contributed by atoms with Crippen molar-refractivity contribution >= 4 is 29.6 Å². The molecule has 2 N–H and O–H groups in total. The van der Waals surface area contributed by atoms with Gasteiger partial charge >= 0.3 is 6.03 Å². The zero-order valence-electron chi connectivity index (χ0n) is 13.7. The maximum Gasteiger partial charge on any atom is 0.329 e. The Kier molecular flexibility index (Phi) is 4.61. The van der Waals surface area contributed by atoms with E-state index in [1.807, 2.05) is 49.4 Å². The molecule has 6 nitrogen and oxygen atoms in total. The molecule has 0 bridgehead atoms. The summed E-state index contributed by atoms with van der Waals surface area (Å²) in [5.74, 6) is -0.957. The molecule has 3 rings (SSSR count). The summed E-state index contributed by atoms with van der Waals surface area (Å²) < 4.78 is 0. The normalized spacial score (nSPS) is 15.4. The third-order valence-corrected chi connectivity index (χ3v) is 3.71. The fraction of sp³-hybridized carbons (Fsp3) is 0.105. The number of anilines is 1. The third-order valence-electron chi connectivity index (χ3n) is 3.71. The van der Waals surface area contributed by atoms with E-state index in [0.29, 0.717) is 5.69 Å². The molecule has 0 unspecified atom stereocenters. The molecule has 1 saturated heterocycles. The van der Waals surface area contributed by atoms with Crippen molar-refractivity contribution in [3.63, 3.8) is 0 Å². The first-order chi connectivity index (χ1) is 12.0. The first-order valence-electron chi connectivity index (χ1n) is 7.79. The van der Waals surface area contributed by atoms with Crippen molar-refractivity contribution in [2.45, 2.75) is 6.92 Å². The molecule has 0 radical (unpaired) electrons. The first kappa shape index (κ1) is 16.4. The maximum atomic E-state index is 12.3. The van der Waals surface area contributed by atoms with Gasteiger partial charge in [-0.2, -0.15) is 0 Å². The SMILES string of the molecule is Cc1ccc(NC(=O)CN2C(=O)N/C(=C\c3ccccc3)C2=O)cc1. The van der Waals surface area contributed by atoms with Gasteiger partial charge in [0.05, 0.1) is 0 Å². The Balaban J connectivity index is 1.67. The van der Waals surface area contributed by atoms with Crippen LogP contribution >= 0.6 is 0 Å². The quantitative estimate of drug-likeness (QED) is 0.666. The highest BCUT2D eigenvalue weighted by molar-refractivity contribution is 6.15. The Morgan fingerprint density at radius 3 is 2.44 bits per heavy atom. The number of imide groups is 1. The summed E-state index contributed by atoms with van der Waals surface area (Å²) in [6, 6.07) is 15.8. The number of nitrogens with one attached hydrogen (secondary N) is 2. The van der Waals surface area contributed by atoms with Crippen LogP contribution in [0.2, 0.25) is 0 Å². The van der Waals surface area contributed by atoms with Crippen LogP contribution in [0.5, 0.6) is 0 Å². The van der Waals surface area contributed by atoms with E-state index in [1.54, 1.807) is 18.2 Å². The molecule has 0 aromatic heterocycles. The van der Waals surface area contributed by atoms with Crippen molar-refractivity contribution in [1.29, 1.82) is 0 Å². The van der Waals surface area contributed by atoms with E-state index in [-0.39, 0.29) is 12.2 Å². The monoisotopic (exact) mass is 335 g/mol. The lowest BCUT2D eigenvalue weighted by atomic mass is 10.2. The third kappa shape index (κ3) is 3.92. The van der Waals surface area contributed by atoms with Crippen LogP contribution in [0, 0.1) is 6.92 Å². The Bertz CT molecular complexity index is 842. The molecule has 1 aliphatic rings. The topological polar surface area (TPSA) is 78.5 Å². The van der Waals surface area contributed by atoms with Gasteiger partial charge in [0.1, 0.15) is 12.2 Å². The minimum Gasteiger partial charge on any atom is -0.325 e. The second kappa shape index (κ2) is 7.00. The fourth-order valence-electron chi connectivity index (χ4n) is 2.41.